The van der Waals surface area contributed by atoms with Gasteiger partial charge in [-0.1, -0.05) is 13.8 Å². The van der Waals surface area contributed by atoms with Crippen molar-refractivity contribution < 1.29 is 8.95 Å². The molecule has 162 valence electrons. The predicted octanol–water partition coefficient (Wildman–Crippen LogP) is 2.45. The number of morpholine rings is 1. The fourth-order valence-electron chi connectivity index (χ4n) is 2.93. The van der Waals surface area contributed by atoms with E-state index in [9.17, 15) is 4.21 Å². The summed E-state index contributed by atoms with van der Waals surface area (Å²) in [5.74, 6) is 2.09. The normalized spacial score (nSPS) is 18.7. The molecule has 0 aromatic carbocycles. The fourth-order valence-corrected chi connectivity index (χ4v) is 3.83. The van der Waals surface area contributed by atoms with Crippen molar-refractivity contribution in [2.45, 2.75) is 58.8 Å². The molecule has 27 heavy (non-hydrogen) atoms. The van der Waals surface area contributed by atoms with E-state index in [2.05, 4.69) is 36.3 Å². The molecule has 0 spiro atoms. The summed E-state index contributed by atoms with van der Waals surface area (Å²) >= 11 is 0. The Morgan fingerprint density at radius 1 is 1.22 bits per heavy atom. The van der Waals surface area contributed by atoms with Gasteiger partial charge in [-0.2, -0.15) is 0 Å². The number of guanidine groups is 1. The largest absolute Gasteiger partial charge is 0.379 e. The molecule has 2 N–H and O–H groups in total. The Balaban J connectivity index is 0.00000676. The van der Waals surface area contributed by atoms with Crippen molar-refractivity contribution in [3.63, 3.8) is 0 Å². The molecule has 1 aliphatic rings. The number of ether oxygens (including phenoxy) is 1. The van der Waals surface area contributed by atoms with Gasteiger partial charge in [0.2, 0.25) is 0 Å². The Hall–Kier alpha value is 0.0700. The van der Waals surface area contributed by atoms with E-state index in [-0.39, 0.29) is 28.7 Å². The average molecular weight is 517 g/mol. The van der Waals surface area contributed by atoms with Crippen molar-refractivity contribution >= 4 is 40.7 Å². The number of nitrogens with one attached hydrogen (secondary N) is 2. The number of hydrogen-bond acceptors (Lipinski definition) is 4. The van der Waals surface area contributed by atoms with Gasteiger partial charge in [0.1, 0.15) is 0 Å². The van der Waals surface area contributed by atoms with Crippen molar-refractivity contribution in [2.24, 2.45) is 10.9 Å². The number of rotatable bonds is 9. The molecule has 1 heterocycles. The van der Waals surface area contributed by atoms with Gasteiger partial charge in [0, 0.05) is 53.5 Å². The lowest BCUT2D eigenvalue weighted by Gasteiger charge is -2.34. The lowest BCUT2D eigenvalue weighted by molar-refractivity contribution is 0.0143. The van der Waals surface area contributed by atoms with E-state index < -0.39 is 10.8 Å². The van der Waals surface area contributed by atoms with Crippen LogP contribution in [0.25, 0.3) is 0 Å². The highest BCUT2D eigenvalue weighted by molar-refractivity contribution is 14.0. The molecule has 2 atom stereocenters. The molecule has 1 rings (SSSR count). The second-order valence-electron chi connectivity index (χ2n) is 8.24. The van der Waals surface area contributed by atoms with Gasteiger partial charge in [0.25, 0.3) is 0 Å². The monoisotopic (exact) mass is 516 g/mol. The van der Waals surface area contributed by atoms with Gasteiger partial charge in [0.15, 0.2) is 5.96 Å². The van der Waals surface area contributed by atoms with Crippen LogP contribution in [-0.2, 0) is 15.5 Å². The summed E-state index contributed by atoms with van der Waals surface area (Å²) in [6, 6.07) is 0.443. The third-order valence-electron chi connectivity index (χ3n) is 4.37. The molecule has 1 saturated heterocycles. The van der Waals surface area contributed by atoms with Crippen molar-refractivity contribution in [3.05, 3.63) is 0 Å². The van der Waals surface area contributed by atoms with E-state index in [1.807, 2.05) is 20.8 Å². The molecule has 8 heteroatoms. The van der Waals surface area contributed by atoms with E-state index in [0.717, 1.165) is 51.8 Å². The molecular weight excluding hydrogens is 475 g/mol. The standard InChI is InChI=1S/C19H40N4O2S.HI/c1-7-20-18(21-8-13-26(24)19(4,5)6)22-15-17(14-16(2)3)23-9-11-25-12-10-23;/h16-17H,7-15H2,1-6H3,(H2,20,21,22);1H. The van der Waals surface area contributed by atoms with Gasteiger partial charge < -0.3 is 15.4 Å². The zero-order chi connectivity index (χ0) is 19.6. The molecule has 0 saturated carbocycles. The first-order valence-corrected chi connectivity index (χ1v) is 11.3. The third kappa shape index (κ3) is 11.6. The molecule has 0 aromatic heterocycles. The summed E-state index contributed by atoms with van der Waals surface area (Å²) in [5.41, 5.74) is 0. The second kappa shape index (κ2) is 14.1. The van der Waals surface area contributed by atoms with Crippen LogP contribution in [0.3, 0.4) is 0 Å². The smallest absolute Gasteiger partial charge is 0.191 e. The van der Waals surface area contributed by atoms with E-state index >= 15 is 0 Å². The first-order chi connectivity index (χ1) is 12.2. The lowest BCUT2D eigenvalue weighted by Crippen LogP contribution is -2.46. The third-order valence-corrected chi connectivity index (χ3v) is 6.31. The quantitative estimate of drug-likeness (QED) is 0.280. The number of aliphatic imine (C=N–C) groups is 1. The highest BCUT2D eigenvalue weighted by atomic mass is 127. The maximum absolute atomic E-state index is 12.2. The van der Waals surface area contributed by atoms with Gasteiger partial charge in [-0.3, -0.25) is 14.1 Å². The summed E-state index contributed by atoms with van der Waals surface area (Å²) in [5, 5.41) is 6.64. The molecule has 6 nitrogen and oxygen atoms in total. The maximum atomic E-state index is 12.2. The minimum Gasteiger partial charge on any atom is -0.379 e. The Kier molecular flexibility index (Phi) is 14.2. The van der Waals surface area contributed by atoms with E-state index in [1.54, 1.807) is 0 Å². The SMILES string of the molecule is CCNC(=NCC(CC(C)C)N1CCOCC1)NCCS(=O)C(C)(C)C.I. The van der Waals surface area contributed by atoms with Gasteiger partial charge in [-0.05, 0) is 40.0 Å². The van der Waals surface area contributed by atoms with Gasteiger partial charge in [-0.15, -0.1) is 24.0 Å². The minimum absolute atomic E-state index is 0. The Morgan fingerprint density at radius 2 is 1.85 bits per heavy atom. The maximum Gasteiger partial charge on any atom is 0.191 e. The highest BCUT2D eigenvalue weighted by Crippen LogP contribution is 2.14. The topological polar surface area (TPSA) is 66.0 Å². The van der Waals surface area contributed by atoms with Gasteiger partial charge in [-0.25, -0.2) is 0 Å². The molecule has 0 bridgehead atoms. The van der Waals surface area contributed by atoms with Crippen molar-refractivity contribution in [2.75, 3.05) is 51.7 Å². The van der Waals surface area contributed by atoms with Gasteiger partial charge >= 0.3 is 0 Å². The summed E-state index contributed by atoms with van der Waals surface area (Å²) in [4.78, 5) is 7.32. The Bertz CT molecular complexity index is 449. The average Bonchev–Trinajstić information content (AvgIpc) is 2.57. The first kappa shape index (κ1) is 27.1. The van der Waals surface area contributed by atoms with Crippen LogP contribution < -0.4 is 10.6 Å². The zero-order valence-electron chi connectivity index (χ0n) is 18.0. The zero-order valence-corrected chi connectivity index (χ0v) is 21.2. The molecule has 1 fully saturated rings. The van der Waals surface area contributed by atoms with E-state index in [1.165, 1.54) is 0 Å². The van der Waals surface area contributed by atoms with Crippen molar-refractivity contribution in [1.82, 2.24) is 15.5 Å². The summed E-state index contributed by atoms with van der Waals surface area (Å²) in [6.07, 6.45) is 1.14. The van der Waals surface area contributed by atoms with Crippen LogP contribution in [0.1, 0.15) is 48.0 Å². The molecule has 0 aliphatic carbocycles. The Morgan fingerprint density at radius 3 is 2.37 bits per heavy atom. The van der Waals surface area contributed by atoms with Crippen molar-refractivity contribution in [3.8, 4) is 0 Å². The van der Waals surface area contributed by atoms with Crippen LogP contribution >= 0.6 is 24.0 Å². The van der Waals surface area contributed by atoms with Crippen LogP contribution in [0.4, 0.5) is 0 Å². The lowest BCUT2D eigenvalue weighted by atomic mass is 10.0. The molecule has 0 aromatic rings. The van der Waals surface area contributed by atoms with Crippen LogP contribution in [0.15, 0.2) is 4.99 Å². The van der Waals surface area contributed by atoms with Crippen molar-refractivity contribution in [1.29, 1.82) is 0 Å². The summed E-state index contributed by atoms with van der Waals surface area (Å²) < 4.78 is 17.5. The fraction of sp³-hybridized carbons (Fsp3) is 0.947. The second-order valence-corrected chi connectivity index (χ2v) is 10.6. The van der Waals surface area contributed by atoms with Crippen LogP contribution in [-0.4, -0.2) is 77.5 Å². The molecular formula is C19H41IN4O2S. The highest BCUT2D eigenvalue weighted by Gasteiger charge is 2.22. The van der Waals surface area contributed by atoms with E-state index in [4.69, 9.17) is 9.73 Å². The molecule has 2 unspecified atom stereocenters. The van der Waals surface area contributed by atoms with E-state index in [0.29, 0.717) is 24.3 Å². The Labute approximate surface area is 186 Å². The molecule has 1 aliphatic heterocycles. The number of halogens is 1. The summed E-state index contributed by atoms with van der Waals surface area (Å²) in [6.45, 7) is 18.5. The first-order valence-electron chi connectivity index (χ1n) is 9.96. The molecule has 0 amide bonds. The van der Waals surface area contributed by atoms with Gasteiger partial charge in [0.05, 0.1) is 19.8 Å². The summed E-state index contributed by atoms with van der Waals surface area (Å²) in [7, 11) is -0.849. The van der Waals surface area contributed by atoms with Crippen LogP contribution in [0.5, 0.6) is 0 Å². The molecule has 0 radical (unpaired) electrons. The minimum atomic E-state index is -0.849. The predicted molar refractivity (Wildman–Crippen MR) is 128 cm³/mol. The number of hydrogen-bond donors (Lipinski definition) is 2. The van der Waals surface area contributed by atoms with Crippen LogP contribution in [0, 0.1) is 5.92 Å². The van der Waals surface area contributed by atoms with Crippen LogP contribution in [0.2, 0.25) is 0 Å². The number of nitrogens with zero attached hydrogens (tertiary/aromatic N) is 2.